The Morgan fingerprint density at radius 2 is 1.90 bits per heavy atom. The molecule has 2 aromatic heterocycles. The van der Waals surface area contributed by atoms with Gasteiger partial charge in [-0.05, 0) is 19.1 Å². The lowest BCUT2D eigenvalue weighted by atomic mass is 10.2. The SMILES string of the molecule is CO/N=C(\C)c1cc2c(Cl)cc(F)c(-n3c(=O)cc(C(F)(F)F)n(C)c3=O)c2o1. The molecule has 0 aliphatic rings. The molecular formula is C17H12ClF4N3O4. The summed E-state index contributed by atoms with van der Waals surface area (Å²) in [7, 11) is 2.10. The van der Waals surface area contributed by atoms with Crippen LogP contribution in [0.25, 0.3) is 16.7 Å². The Bertz CT molecular complexity index is 1270. The van der Waals surface area contributed by atoms with E-state index in [2.05, 4.69) is 9.99 Å². The lowest BCUT2D eigenvalue weighted by Crippen LogP contribution is -2.41. The Labute approximate surface area is 164 Å². The highest BCUT2D eigenvalue weighted by Gasteiger charge is 2.35. The van der Waals surface area contributed by atoms with Gasteiger partial charge in [0.05, 0.1) is 5.02 Å². The van der Waals surface area contributed by atoms with Gasteiger partial charge >= 0.3 is 11.9 Å². The van der Waals surface area contributed by atoms with E-state index < -0.39 is 34.6 Å². The minimum atomic E-state index is -4.95. The molecule has 3 rings (SSSR count). The van der Waals surface area contributed by atoms with Crippen molar-refractivity contribution in [3.05, 3.63) is 61.3 Å². The van der Waals surface area contributed by atoms with Crippen LogP contribution in [0.4, 0.5) is 17.6 Å². The van der Waals surface area contributed by atoms with E-state index in [0.29, 0.717) is 0 Å². The van der Waals surface area contributed by atoms with Crippen LogP contribution in [0.15, 0.2) is 37.4 Å². The van der Waals surface area contributed by atoms with Crippen molar-refractivity contribution in [3.8, 4) is 5.69 Å². The summed E-state index contributed by atoms with van der Waals surface area (Å²) in [6.45, 7) is 1.51. The van der Waals surface area contributed by atoms with Crippen molar-refractivity contribution < 1.29 is 26.8 Å². The number of fused-ring (bicyclic) bond motifs is 1. The van der Waals surface area contributed by atoms with Crippen molar-refractivity contribution in [1.29, 1.82) is 0 Å². The van der Waals surface area contributed by atoms with Crippen LogP contribution >= 0.6 is 11.6 Å². The molecule has 3 aromatic rings. The number of rotatable bonds is 3. The van der Waals surface area contributed by atoms with Gasteiger partial charge in [-0.3, -0.25) is 9.36 Å². The third-order valence-electron chi connectivity index (χ3n) is 4.10. The van der Waals surface area contributed by atoms with E-state index in [9.17, 15) is 27.2 Å². The van der Waals surface area contributed by atoms with Crippen molar-refractivity contribution in [2.75, 3.05) is 7.11 Å². The summed E-state index contributed by atoms with van der Waals surface area (Å²) >= 11 is 6.02. The van der Waals surface area contributed by atoms with Gasteiger partial charge in [0.1, 0.15) is 24.2 Å². The number of hydrogen-bond acceptors (Lipinski definition) is 5. The summed E-state index contributed by atoms with van der Waals surface area (Å²) in [5.74, 6) is -1.05. The Kier molecular flexibility index (Phi) is 5.03. The fraction of sp³-hybridized carbons (Fsp3) is 0.235. The lowest BCUT2D eigenvalue weighted by molar-refractivity contribution is -0.144. The summed E-state index contributed by atoms with van der Waals surface area (Å²) in [5, 5.41) is 3.68. The monoisotopic (exact) mass is 433 g/mol. The largest absolute Gasteiger partial charge is 0.452 e. The van der Waals surface area contributed by atoms with Crippen LogP contribution in [-0.2, 0) is 18.1 Å². The highest BCUT2D eigenvalue weighted by Crippen LogP contribution is 2.34. The smallest absolute Gasteiger partial charge is 0.431 e. The molecule has 2 heterocycles. The van der Waals surface area contributed by atoms with Gasteiger partial charge in [0.2, 0.25) is 0 Å². The molecule has 0 N–H and O–H groups in total. The number of hydrogen-bond donors (Lipinski definition) is 0. The predicted octanol–water partition coefficient (Wildman–Crippen LogP) is 3.46. The van der Waals surface area contributed by atoms with E-state index in [1.165, 1.54) is 20.1 Å². The molecule has 0 atom stereocenters. The highest BCUT2D eigenvalue weighted by atomic mass is 35.5. The summed E-state index contributed by atoms with van der Waals surface area (Å²) in [6.07, 6.45) is -4.95. The minimum Gasteiger partial charge on any atom is -0.452 e. The maximum Gasteiger partial charge on any atom is 0.431 e. The first kappa shape index (κ1) is 20.6. The van der Waals surface area contributed by atoms with E-state index in [1.807, 2.05) is 0 Å². The number of halogens is 5. The molecule has 0 spiro atoms. The highest BCUT2D eigenvalue weighted by molar-refractivity contribution is 6.35. The molecule has 12 heteroatoms. The molecule has 0 saturated carbocycles. The molecular weight excluding hydrogens is 422 g/mol. The van der Waals surface area contributed by atoms with E-state index in [1.54, 1.807) is 0 Å². The maximum atomic E-state index is 14.7. The van der Waals surface area contributed by atoms with Gasteiger partial charge < -0.3 is 9.25 Å². The molecule has 0 fully saturated rings. The Morgan fingerprint density at radius 3 is 2.48 bits per heavy atom. The van der Waals surface area contributed by atoms with Gasteiger partial charge in [-0.15, -0.1) is 0 Å². The Hall–Kier alpha value is -3.08. The number of furan rings is 1. The molecule has 0 radical (unpaired) electrons. The fourth-order valence-electron chi connectivity index (χ4n) is 2.78. The van der Waals surface area contributed by atoms with E-state index in [0.717, 1.165) is 13.1 Å². The van der Waals surface area contributed by atoms with Crippen LogP contribution < -0.4 is 11.2 Å². The zero-order chi connectivity index (χ0) is 21.7. The first-order valence-electron chi connectivity index (χ1n) is 7.87. The molecule has 7 nitrogen and oxygen atoms in total. The first-order chi connectivity index (χ1) is 13.5. The summed E-state index contributed by atoms with van der Waals surface area (Å²) in [5.41, 5.74) is -5.01. The predicted molar refractivity (Wildman–Crippen MR) is 96.2 cm³/mol. The number of alkyl halides is 3. The van der Waals surface area contributed by atoms with Gasteiger partial charge in [-0.2, -0.15) is 13.2 Å². The average molecular weight is 434 g/mol. The van der Waals surface area contributed by atoms with Gasteiger partial charge in [-0.1, -0.05) is 16.8 Å². The quantitative estimate of drug-likeness (QED) is 0.360. The van der Waals surface area contributed by atoms with Crippen molar-refractivity contribution in [2.45, 2.75) is 13.1 Å². The second kappa shape index (κ2) is 7.07. The summed E-state index contributed by atoms with van der Waals surface area (Å²) < 4.78 is 59.8. The lowest BCUT2D eigenvalue weighted by Gasteiger charge is -2.14. The molecule has 154 valence electrons. The second-order valence-electron chi connectivity index (χ2n) is 5.94. The van der Waals surface area contributed by atoms with Crippen LogP contribution in [-0.4, -0.2) is 22.0 Å². The Balaban J connectivity index is 2.43. The standard InChI is InChI=1S/C17H12ClF4N3O4/c1-7(23-28-3)11-4-8-9(18)5-10(19)14(15(8)29-11)25-13(26)6-12(17(20,21)22)24(2)16(25)27/h4-6H,1-3H3/b23-7+. The first-order valence-corrected chi connectivity index (χ1v) is 8.25. The van der Waals surface area contributed by atoms with Crippen molar-refractivity contribution in [1.82, 2.24) is 9.13 Å². The minimum absolute atomic E-state index is 0.0902. The second-order valence-corrected chi connectivity index (χ2v) is 6.35. The zero-order valence-electron chi connectivity index (χ0n) is 15.1. The number of nitrogens with zero attached hydrogens (tertiary/aromatic N) is 3. The van der Waals surface area contributed by atoms with E-state index in [4.69, 9.17) is 16.0 Å². The molecule has 1 aromatic carbocycles. The molecule has 0 aliphatic carbocycles. The zero-order valence-corrected chi connectivity index (χ0v) is 15.9. The molecule has 0 saturated heterocycles. The van der Waals surface area contributed by atoms with Crippen LogP contribution in [0, 0.1) is 5.82 Å². The number of aromatic nitrogens is 2. The summed E-state index contributed by atoms with van der Waals surface area (Å²) in [6, 6.07) is 2.39. The molecule has 0 aliphatic heterocycles. The van der Waals surface area contributed by atoms with Gasteiger partial charge in [-0.25, -0.2) is 13.8 Å². The van der Waals surface area contributed by atoms with Gasteiger partial charge in [0.15, 0.2) is 17.2 Å². The van der Waals surface area contributed by atoms with Crippen LogP contribution in [0.3, 0.4) is 0 Å². The van der Waals surface area contributed by atoms with Crippen molar-refractivity contribution in [3.63, 3.8) is 0 Å². The van der Waals surface area contributed by atoms with Crippen LogP contribution in [0.5, 0.6) is 0 Å². The average Bonchev–Trinajstić information content (AvgIpc) is 3.06. The number of benzene rings is 1. The maximum absolute atomic E-state index is 14.7. The summed E-state index contributed by atoms with van der Waals surface area (Å²) in [4.78, 5) is 29.5. The molecule has 0 amide bonds. The molecule has 29 heavy (non-hydrogen) atoms. The van der Waals surface area contributed by atoms with Crippen LogP contribution in [0.1, 0.15) is 18.4 Å². The van der Waals surface area contributed by atoms with Crippen molar-refractivity contribution in [2.24, 2.45) is 12.2 Å². The Morgan fingerprint density at radius 1 is 1.24 bits per heavy atom. The van der Waals surface area contributed by atoms with Crippen molar-refractivity contribution >= 4 is 28.3 Å². The fourth-order valence-corrected chi connectivity index (χ4v) is 3.02. The van der Waals surface area contributed by atoms with E-state index in [-0.39, 0.29) is 42.7 Å². The van der Waals surface area contributed by atoms with Gasteiger partial charge in [0.25, 0.3) is 5.56 Å². The topological polar surface area (TPSA) is 78.7 Å². The van der Waals surface area contributed by atoms with Crippen LogP contribution in [0.2, 0.25) is 5.02 Å². The molecule has 0 unspecified atom stereocenters. The third kappa shape index (κ3) is 3.41. The number of oxime groups is 1. The van der Waals surface area contributed by atoms with Gasteiger partial charge in [0, 0.05) is 18.5 Å². The molecule has 0 bridgehead atoms. The third-order valence-corrected chi connectivity index (χ3v) is 4.42. The normalized spacial score (nSPS) is 12.6. The van der Waals surface area contributed by atoms with E-state index >= 15 is 0 Å².